The molecule has 0 aromatic heterocycles. The van der Waals surface area contributed by atoms with Gasteiger partial charge in [0.1, 0.15) is 0 Å². The quantitative estimate of drug-likeness (QED) is 0.643. The van der Waals surface area contributed by atoms with Crippen LogP contribution in [-0.4, -0.2) is 50.3 Å². The third kappa shape index (κ3) is 5.58. The second kappa shape index (κ2) is 8.21. The fraction of sp³-hybridized carbons (Fsp3) is 1.00. The normalized spacial score (nSPS) is 15.9. The second-order valence-corrected chi connectivity index (χ2v) is 3.71. The summed E-state index contributed by atoms with van der Waals surface area (Å²) in [4.78, 5) is 2.41. The van der Waals surface area contributed by atoms with Crippen molar-refractivity contribution in [2.75, 3.05) is 33.3 Å². The van der Waals surface area contributed by atoms with E-state index in [1.807, 2.05) is 0 Å². The molecule has 0 bridgehead atoms. The molecule has 86 valence electrons. The van der Waals surface area contributed by atoms with Crippen LogP contribution in [0.25, 0.3) is 0 Å². The van der Waals surface area contributed by atoms with E-state index >= 15 is 0 Å². The van der Waals surface area contributed by atoms with Crippen molar-refractivity contribution in [1.29, 1.82) is 0 Å². The van der Waals surface area contributed by atoms with Gasteiger partial charge in [0.15, 0.2) is 0 Å². The van der Waals surface area contributed by atoms with Gasteiger partial charge in [0.25, 0.3) is 0 Å². The number of methoxy groups -OCH3 is 1. The molecule has 0 amide bonds. The smallest absolute Gasteiger partial charge is 0.0693 e. The highest BCUT2D eigenvalue weighted by Gasteiger charge is 2.09. The molecule has 0 heterocycles. The molecule has 2 unspecified atom stereocenters. The zero-order valence-electron chi connectivity index (χ0n) is 10.3. The van der Waals surface area contributed by atoms with E-state index in [4.69, 9.17) is 4.74 Å². The molecule has 0 saturated carbocycles. The van der Waals surface area contributed by atoms with Gasteiger partial charge in [0.2, 0.25) is 0 Å². The molecule has 3 heteroatoms. The van der Waals surface area contributed by atoms with Gasteiger partial charge in [-0.2, -0.15) is 0 Å². The number of nitrogens with one attached hydrogen (secondary N) is 1. The number of ether oxygens (including phenoxy) is 1. The van der Waals surface area contributed by atoms with Crippen LogP contribution in [0, 0.1) is 0 Å². The van der Waals surface area contributed by atoms with Crippen molar-refractivity contribution in [3.8, 4) is 0 Å². The third-order valence-corrected chi connectivity index (χ3v) is 2.86. The number of hydrogen-bond acceptors (Lipinski definition) is 3. The summed E-state index contributed by atoms with van der Waals surface area (Å²) in [5.41, 5.74) is 0. The fourth-order valence-electron chi connectivity index (χ4n) is 1.36. The van der Waals surface area contributed by atoms with Crippen LogP contribution in [0.3, 0.4) is 0 Å². The first-order chi connectivity index (χ1) is 6.65. The van der Waals surface area contributed by atoms with E-state index in [1.54, 1.807) is 7.11 Å². The van der Waals surface area contributed by atoms with Gasteiger partial charge in [-0.05, 0) is 26.9 Å². The number of hydrogen-bond donors (Lipinski definition) is 1. The minimum absolute atomic E-state index is 0.284. The number of nitrogens with zero attached hydrogens (tertiary/aromatic N) is 1. The van der Waals surface area contributed by atoms with E-state index in [0.717, 1.165) is 26.2 Å². The minimum Gasteiger partial charge on any atom is -0.380 e. The molecule has 0 aromatic rings. The van der Waals surface area contributed by atoms with Crippen LogP contribution < -0.4 is 5.32 Å². The van der Waals surface area contributed by atoms with E-state index in [-0.39, 0.29) is 6.10 Å². The molecule has 0 spiro atoms. The summed E-state index contributed by atoms with van der Waals surface area (Å²) in [7, 11) is 1.76. The lowest BCUT2D eigenvalue weighted by atomic mass is 10.2. The summed E-state index contributed by atoms with van der Waals surface area (Å²) in [6.07, 6.45) is 0.284. The average Bonchev–Trinajstić information content (AvgIpc) is 2.22. The van der Waals surface area contributed by atoms with Crippen LogP contribution in [-0.2, 0) is 4.74 Å². The van der Waals surface area contributed by atoms with Crippen LogP contribution in [0.5, 0.6) is 0 Å². The van der Waals surface area contributed by atoms with Gasteiger partial charge in [0.05, 0.1) is 6.10 Å². The first kappa shape index (κ1) is 13.9. The Morgan fingerprint density at radius 2 is 1.79 bits per heavy atom. The van der Waals surface area contributed by atoms with Crippen molar-refractivity contribution in [1.82, 2.24) is 10.2 Å². The highest BCUT2D eigenvalue weighted by molar-refractivity contribution is 4.68. The standard InChI is InChI=1S/C11H26N2O/c1-6-13(7-2)9-8-12-10(3)11(4)14-5/h10-12H,6-9H2,1-5H3. The van der Waals surface area contributed by atoms with Gasteiger partial charge in [0, 0.05) is 26.2 Å². The van der Waals surface area contributed by atoms with Gasteiger partial charge in [-0.1, -0.05) is 13.8 Å². The highest BCUT2D eigenvalue weighted by atomic mass is 16.5. The molecule has 0 aliphatic carbocycles. The SMILES string of the molecule is CCN(CC)CCNC(C)C(C)OC. The summed E-state index contributed by atoms with van der Waals surface area (Å²) in [5.74, 6) is 0. The molecule has 0 aromatic carbocycles. The maximum Gasteiger partial charge on any atom is 0.0693 e. The molecular formula is C11H26N2O. The molecule has 3 nitrogen and oxygen atoms in total. The molecule has 2 atom stereocenters. The lowest BCUT2D eigenvalue weighted by Crippen LogP contribution is -2.41. The molecular weight excluding hydrogens is 176 g/mol. The Labute approximate surface area is 88.8 Å². The monoisotopic (exact) mass is 202 g/mol. The lowest BCUT2D eigenvalue weighted by Gasteiger charge is -2.23. The van der Waals surface area contributed by atoms with Crippen LogP contribution in [0.1, 0.15) is 27.7 Å². The molecule has 0 rings (SSSR count). The fourth-order valence-corrected chi connectivity index (χ4v) is 1.36. The zero-order valence-corrected chi connectivity index (χ0v) is 10.3. The summed E-state index contributed by atoms with van der Waals surface area (Å²) in [6, 6.07) is 0.426. The summed E-state index contributed by atoms with van der Waals surface area (Å²) in [6.45, 7) is 13.1. The van der Waals surface area contributed by atoms with E-state index in [0.29, 0.717) is 6.04 Å². The molecule has 0 saturated heterocycles. The number of rotatable bonds is 8. The Morgan fingerprint density at radius 3 is 2.21 bits per heavy atom. The first-order valence-corrected chi connectivity index (χ1v) is 5.64. The maximum atomic E-state index is 5.25. The zero-order chi connectivity index (χ0) is 11.0. The van der Waals surface area contributed by atoms with E-state index in [1.165, 1.54) is 0 Å². The van der Waals surface area contributed by atoms with Crippen LogP contribution >= 0.6 is 0 Å². The largest absolute Gasteiger partial charge is 0.380 e. The van der Waals surface area contributed by atoms with Gasteiger partial charge in [-0.3, -0.25) is 0 Å². The lowest BCUT2D eigenvalue weighted by molar-refractivity contribution is 0.0877. The summed E-state index contributed by atoms with van der Waals surface area (Å²) in [5, 5.41) is 3.47. The molecule has 0 radical (unpaired) electrons. The van der Waals surface area contributed by atoms with Crippen LogP contribution in [0.2, 0.25) is 0 Å². The predicted octanol–water partition coefficient (Wildman–Crippen LogP) is 1.34. The molecule has 0 aliphatic heterocycles. The average molecular weight is 202 g/mol. The van der Waals surface area contributed by atoms with Crippen molar-refractivity contribution in [2.45, 2.75) is 39.8 Å². The molecule has 0 fully saturated rings. The highest BCUT2D eigenvalue weighted by Crippen LogP contribution is 1.95. The summed E-state index contributed by atoms with van der Waals surface area (Å²) < 4.78 is 5.25. The van der Waals surface area contributed by atoms with Crippen LogP contribution in [0.15, 0.2) is 0 Å². The topological polar surface area (TPSA) is 24.5 Å². The Kier molecular flexibility index (Phi) is 8.14. The van der Waals surface area contributed by atoms with Gasteiger partial charge in [-0.25, -0.2) is 0 Å². The van der Waals surface area contributed by atoms with Crippen LogP contribution in [0.4, 0.5) is 0 Å². The van der Waals surface area contributed by atoms with E-state index in [9.17, 15) is 0 Å². The van der Waals surface area contributed by atoms with Crippen molar-refractivity contribution >= 4 is 0 Å². The van der Waals surface area contributed by atoms with Gasteiger partial charge in [-0.15, -0.1) is 0 Å². The predicted molar refractivity (Wildman–Crippen MR) is 61.7 cm³/mol. The Hall–Kier alpha value is -0.120. The van der Waals surface area contributed by atoms with Crippen molar-refractivity contribution in [2.24, 2.45) is 0 Å². The van der Waals surface area contributed by atoms with Crippen molar-refractivity contribution < 1.29 is 4.74 Å². The van der Waals surface area contributed by atoms with Gasteiger partial charge < -0.3 is 15.0 Å². The Balaban J connectivity index is 3.52. The number of likely N-dealkylation sites (N-methyl/N-ethyl adjacent to an activating group) is 1. The molecule has 1 N–H and O–H groups in total. The van der Waals surface area contributed by atoms with Crippen molar-refractivity contribution in [3.63, 3.8) is 0 Å². The Bertz CT molecular complexity index is 126. The first-order valence-electron chi connectivity index (χ1n) is 5.64. The van der Waals surface area contributed by atoms with E-state index < -0.39 is 0 Å². The maximum absolute atomic E-state index is 5.25. The second-order valence-electron chi connectivity index (χ2n) is 3.71. The summed E-state index contributed by atoms with van der Waals surface area (Å²) >= 11 is 0. The molecule has 0 aliphatic rings. The van der Waals surface area contributed by atoms with E-state index in [2.05, 4.69) is 37.9 Å². The Morgan fingerprint density at radius 1 is 1.21 bits per heavy atom. The third-order valence-electron chi connectivity index (χ3n) is 2.86. The van der Waals surface area contributed by atoms with Crippen molar-refractivity contribution in [3.05, 3.63) is 0 Å². The minimum atomic E-state index is 0.284. The molecule has 14 heavy (non-hydrogen) atoms. The van der Waals surface area contributed by atoms with Gasteiger partial charge >= 0.3 is 0 Å².